The summed E-state index contributed by atoms with van der Waals surface area (Å²) in [4.78, 5) is 0. The van der Waals surface area contributed by atoms with Crippen LogP contribution in [0.3, 0.4) is 0 Å². The smallest absolute Gasteiger partial charge is 0.118 e. The first kappa shape index (κ1) is 10.5. The molecule has 0 N–H and O–H groups in total. The van der Waals surface area contributed by atoms with Crippen LogP contribution in [0.25, 0.3) is 0 Å². The Bertz CT molecular complexity index is 307. The van der Waals surface area contributed by atoms with Crippen molar-refractivity contribution in [2.24, 2.45) is 11.8 Å². The first-order valence-corrected chi connectivity index (χ1v) is 5.84. The van der Waals surface area contributed by atoms with Gasteiger partial charge in [-0.3, -0.25) is 0 Å². The average molecular weight is 204 g/mol. The van der Waals surface area contributed by atoms with Gasteiger partial charge in [-0.15, -0.1) is 0 Å². The minimum Gasteiger partial charge on any atom is -0.497 e. The molecular formula is C14H20O. The summed E-state index contributed by atoms with van der Waals surface area (Å²) in [5, 5.41) is 0. The molecule has 1 aromatic rings. The van der Waals surface area contributed by atoms with E-state index in [1.807, 2.05) is 0 Å². The fourth-order valence-electron chi connectivity index (χ4n) is 2.35. The maximum atomic E-state index is 5.16. The van der Waals surface area contributed by atoms with Crippen LogP contribution in [0.5, 0.6) is 5.75 Å². The van der Waals surface area contributed by atoms with Crippen LogP contribution in [0.4, 0.5) is 0 Å². The van der Waals surface area contributed by atoms with Gasteiger partial charge in [0, 0.05) is 0 Å². The van der Waals surface area contributed by atoms with E-state index in [0.717, 1.165) is 23.5 Å². The Morgan fingerprint density at radius 3 is 2.20 bits per heavy atom. The van der Waals surface area contributed by atoms with Crippen LogP contribution < -0.4 is 4.74 Å². The molecular weight excluding hydrogens is 184 g/mol. The summed E-state index contributed by atoms with van der Waals surface area (Å²) in [6.45, 7) is 4.66. The van der Waals surface area contributed by atoms with Crippen molar-refractivity contribution in [1.29, 1.82) is 0 Å². The number of ether oxygens (including phenoxy) is 1. The van der Waals surface area contributed by atoms with Crippen molar-refractivity contribution >= 4 is 0 Å². The molecule has 0 heterocycles. The third kappa shape index (κ3) is 2.17. The molecule has 1 fully saturated rings. The molecule has 0 amide bonds. The molecule has 82 valence electrons. The maximum absolute atomic E-state index is 5.16. The number of benzene rings is 1. The standard InChI is InChI=1S/C14H20O/c1-10(2)12-8-13(9-12)11-4-6-14(15-3)7-5-11/h4-7,10,12-13H,8-9H2,1-3H3. The first-order chi connectivity index (χ1) is 7.20. The molecule has 1 aliphatic rings. The van der Waals surface area contributed by atoms with Crippen molar-refractivity contribution in [3.05, 3.63) is 29.8 Å². The quantitative estimate of drug-likeness (QED) is 0.726. The van der Waals surface area contributed by atoms with Gasteiger partial charge in [-0.2, -0.15) is 0 Å². The summed E-state index contributed by atoms with van der Waals surface area (Å²) in [5.41, 5.74) is 1.48. The molecule has 1 saturated carbocycles. The second kappa shape index (κ2) is 4.26. The Kier molecular flexibility index (Phi) is 2.99. The Balaban J connectivity index is 1.95. The van der Waals surface area contributed by atoms with E-state index in [9.17, 15) is 0 Å². The van der Waals surface area contributed by atoms with E-state index in [0.29, 0.717) is 0 Å². The zero-order valence-corrected chi connectivity index (χ0v) is 9.86. The van der Waals surface area contributed by atoms with Crippen LogP contribution in [-0.2, 0) is 0 Å². The Hall–Kier alpha value is -0.980. The molecule has 0 aromatic heterocycles. The lowest BCUT2D eigenvalue weighted by Gasteiger charge is -2.38. The molecule has 0 atom stereocenters. The fraction of sp³-hybridized carbons (Fsp3) is 0.571. The molecule has 15 heavy (non-hydrogen) atoms. The van der Waals surface area contributed by atoms with Crippen molar-refractivity contribution in [1.82, 2.24) is 0 Å². The first-order valence-electron chi connectivity index (χ1n) is 5.84. The van der Waals surface area contributed by atoms with Gasteiger partial charge in [0.05, 0.1) is 7.11 Å². The third-order valence-corrected chi connectivity index (χ3v) is 3.70. The number of rotatable bonds is 3. The summed E-state index contributed by atoms with van der Waals surface area (Å²) >= 11 is 0. The number of hydrogen-bond donors (Lipinski definition) is 0. The highest BCUT2D eigenvalue weighted by Crippen LogP contribution is 2.45. The van der Waals surface area contributed by atoms with Crippen LogP contribution in [-0.4, -0.2) is 7.11 Å². The van der Waals surface area contributed by atoms with Crippen molar-refractivity contribution in [3.8, 4) is 5.75 Å². The number of methoxy groups -OCH3 is 1. The molecule has 0 radical (unpaired) electrons. The van der Waals surface area contributed by atoms with Crippen molar-refractivity contribution in [3.63, 3.8) is 0 Å². The fourth-order valence-corrected chi connectivity index (χ4v) is 2.35. The Morgan fingerprint density at radius 1 is 1.13 bits per heavy atom. The van der Waals surface area contributed by atoms with Crippen LogP contribution in [0.2, 0.25) is 0 Å². The summed E-state index contributed by atoms with van der Waals surface area (Å²) in [7, 11) is 1.72. The summed E-state index contributed by atoms with van der Waals surface area (Å²) in [6.07, 6.45) is 2.73. The zero-order valence-electron chi connectivity index (χ0n) is 9.86. The second-order valence-electron chi connectivity index (χ2n) is 4.95. The van der Waals surface area contributed by atoms with Crippen molar-refractivity contribution in [2.45, 2.75) is 32.6 Å². The van der Waals surface area contributed by atoms with E-state index in [2.05, 4.69) is 38.1 Å². The molecule has 0 unspecified atom stereocenters. The van der Waals surface area contributed by atoms with Crippen LogP contribution in [0.15, 0.2) is 24.3 Å². The zero-order chi connectivity index (χ0) is 10.8. The van der Waals surface area contributed by atoms with E-state index >= 15 is 0 Å². The lowest BCUT2D eigenvalue weighted by Crippen LogP contribution is -2.25. The molecule has 1 aliphatic carbocycles. The molecule has 1 heteroatoms. The van der Waals surface area contributed by atoms with Gasteiger partial charge in [-0.25, -0.2) is 0 Å². The monoisotopic (exact) mass is 204 g/mol. The highest BCUT2D eigenvalue weighted by atomic mass is 16.5. The lowest BCUT2D eigenvalue weighted by molar-refractivity contribution is 0.196. The lowest BCUT2D eigenvalue weighted by atomic mass is 9.67. The van der Waals surface area contributed by atoms with E-state index in [1.54, 1.807) is 7.11 Å². The minimum atomic E-state index is 0.795. The van der Waals surface area contributed by atoms with Gasteiger partial charge in [-0.1, -0.05) is 26.0 Å². The van der Waals surface area contributed by atoms with E-state index in [1.165, 1.54) is 18.4 Å². The average Bonchev–Trinajstić information content (AvgIpc) is 2.16. The Morgan fingerprint density at radius 2 is 1.73 bits per heavy atom. The van der Waals surface area contributed by atoms with Gasteiger partial charge in [0.25, 0.3) is 0 Å². The molecule has 0 aliphatic heterocycles. The normalized spacial score (nSPS) is 25.1. The Labute approximate surface area is 92.5 Å². The highest BCUT2D eigenvalue weighted by Gasteiger charge is 2.31. The predicted octanol–water partition coefficient (Wildman–Crippen LogP) is 3.84. The van der Waals surface area contributed by atoms with E-state index in [-0.39, 0.29) is 0 Å². The molecule has 0 saturated heterocycles. The third-order valence-electron chi connectivity index (χ3n) is 3.70. The highest BCUT2D eigenvalue weighted by molar-refractivity contribution is 5.30. The second-order valence-corrected chi connectivity index (χ2v) is 4.95. The van der Waals surface area contributed by atoms with E-state index < -0.39 is 0 Å². The van der Waals surface area contributed by atoms with Gasteiger partial charge < -0.3 is 4.74 Å². The maximum Gasteiger partial charge on any atom is 0.118 e. The summed E-state index contributed by atoms with van der Waals surface area (Å²) in [5.74, 6) is 3.54. The van der Waals surface area contributed by atoms with Crippen LogP contribution >= 0.6 is 0 Å². The summed E-state index contributed by atoms with van der Waals surface area (Å²) in [6, 6.07) is 8.55. The predicted molar refractivity (Wildman–Crippen MR) is 63.3 cm³/mol. The molecule has 1 nitrogen and oxygen atoms in total. The molecule has 1 aromatic carbocycles. The summed E-state index contributed by atoms with van der Waals surface area (Å²) < 4.78 is 5.16. The van der Waals surface area contributed by atoms with Crippen molar-refractivity contribution < 1.29 is 4.74 Å². The minimum absolute atomic E-state index is 0.795. The van der Waals surface area contributed by atoms with E-state index in [4.69, 9.17) is 4.74 Å². The SMILES string of the molecule is COc1ccc(C2CC(C(C)C)C2)cc1. The van der Waals surface area contributed by atoms with Gasteiger partial charge in [-0.05, 0) is 48.3 Å². The molecule has 0 bridgehead atoms. The van der Waals surface area contributed by atoms with Gasteiger partial charge in [0.2, 0.25) is 0 Å². The van der Waals surface area contributed by atoms with Gasteiger partial charge in [0.15, 0.2) is 0 Å². The molecule has 0 spiro atoms. The molecule has 2 rings (SSSR count). The largest absolute Gasteiger partial charge is 0.497 e. The van der Waals surface area contributed by atoms with Crippen LogP contribution in [0.1, 0.15) is 38.2 Å². The topological polar surface area (TPSA) is 9.23 Å². The van der Waals surface area contributed by atoms with Gasteiger partial charge in [0.1, 0.15) is 5.75 Å². The van der Waals surface area contributed by atoms with Crippen molar-refractivity contribution in [2.75, 3.05) is 7.11 Å². The van der Waals surface area contributed by atoms with Crippen LogP contribution in [0, 0.1) is 11.8 Å². The number of hydrogen-bond acceptors (Lipinski definition) is 1. The van der Waals surface area contributed by atoms with Gasteiger partial charge >= 0.3 is 0 Å².